The Morgan fingerprint density at radius 2 is 2.10 bits per heavy atom. The van der Waals surface area contributed by atoms with Crippen LogP contribution in [0.4, 0.5) is 5.69 Å². The monoisotopic (exact) mass is 395 g/mol. The predicted molar refractivity (Wildman–Crippen MR) is 115 cm³/mol. The van der Waals surface area contributed by atoms with Gasteiger partial charge in [0.15, 0.2) is 0 Å². The maximum Gasteiger partial charge on any atom is 0.222 e. The van der Waals surface area contributed by atoms with Crippen LogP contribution >= 0.6 is 0 Å². The molecule has 1 aliphatic heterocycles. The maximum absolute atomic E-state index is 5.88. The summed E-state index contributed by atoms with van der Waals surface area (Å²) in [5, 5.41) is 8.35. The van der Waals surface area contributed by atoms with Crippen molar-refractivity contribution in [3.8, 4) is 17.1 Å². The summed E-state index contributed by atoms with van der Waals surface area (Å²) in [5.74, 6) is 1.15. The Morgan fingerprint density at radius 1 is 1.28 bits per heavy atom. The van der Waals surface area contributed by atoms with E-state index in [9.17, 15) is 0 Å². The normalized spacial score (nSPS) is 14.6. The molecule has 0 unspecified atom stereocenters. The standard InChI is InChI=1S/C21H29N7O/c1-4-9-29-21-16(7-6-8-22-21)17-10-18(23-11-15-12-24-25-13-15)20-19(26-17)14(3)27-28(20)5-2/h6-8,10,15,24-25H,4-5,9,11-13H2,1-3H3,(H,23,26). The lowest BCUT2D eigenvalue weighted by Gasteiger charge is -2.15. The predicted octanol–water partition coefficient (Wildman–Crippen LogP) is 2.75. The van der Waals surface area contributed by atoms with Gasteiger partial charge in [-0.15, -0.1) is 0 Å². The van der Waals surface area contributed by atoms with Crippen molar-refractivity contribution >= 4 is 16.7 Å². The SMILES string of the molecule is CCCOc1ncccc1-c1cc(NCC2CNNC2)c2c(n1)c(C)nn2CC. The summed E-state index contributed by atoms with van der Waals surface area (Å²) in [6.45, 7) is 10.4. The van der Waals surface area contributed by atoms with Gasteiger partial charge in [0, 0.05) is 38.3 Å². The molecule has 3 N–H and O–H groups in total. The molecule has 8 heteroatoms. The van der Waals surface area contributed by atoms with Crippen molar-refractivity contribution < 1.29 is 4.74 Å². The molecule has 0 atom stereocenters. The summed E-state index contributed by atoms with van der Waals surface area (Å²) in [7, 11) is 0. The number of anilines is 1. The topological polar surface area (TPSA) is 88.9 Å². The Hall–Kier alpha value is -2.71. The summed E-state index contributed by atoms with van der Waals surface area (Å²) >= 11 is 0. The molecule has 3 aromatic heterocycles. The number of hydrogen-bond acceptors (Lipinski definition) is 7. The molecule has 0 spiro atoms. The van der Waals surface area contributed by atoms with Gasteiger partial charge in [0.25, 0.3) is 0 Å². The molecule has 1 aliphatic rings. The summed E-state index contributed by atoms with van der Waals surface area (Å²) < 4.78 is 7.90. The number of rotatable bonds is 8. The first-order valence-corrected chi connectivity index (χ1v) is 10.4. The molecule has 154 valence electrons. The summed E-state index contributed by atoms with van der Waals surface area (Å²) in [6, 6.07) is 6.03. The van der Waals surface area contributed by atoms with Crippen LogP contribution in [0.2, 0.25) is 0 Å². The highest BCUT2D eigenvalue weighted by Gasteiger charge is 2.19. The third-order valence-corrected chi connectivity index (χ3v) is 5.14. The van der Waals surface area contributed by atoms with Crippen molar-refractivity contribution in [2.24, 2.45) is 5.92 Å². The molecule has 0 aromatic carbocycles. The van der Waals surface area contributed by atoms with E-state index in [-0.39, 0.29) is 0 Å². The second-order valence-electron chi connectivity index (χ2n) is 7.37. The lowest BCUT2D eigenvalue weighted by Crippen LogP contribution is -2.21. The number of hydrogen-bond donors (Lipinski definition) is 3. The molecule has 1 saturated heterocycles. The third-order valence-electron chi connectivity index (χ3n) is 5.14. The molecular formula is C21H29N7O. The van der Waals surface area contributed by atoms with Gasteiger partial charge in [-0.3, -0.25) is 15.5 Å². The average molecular weight is 396 g/mol. The molecule has 29 heavy (non-hydrogen) atoms. The van der Waals surface area contributed by atoms with Crippen LogP contribution in [-0.2, 0) is 6.54 Å². The lowest BCUT2D eigenvalue weighted by atomic mass is 10.1. The van der Waals surface area contributed by atoms with Crippen LogP contribution in [0.5, 0.6) is 5.88 Å². The number of fused-ring (bicyclic) bond motifs is 1. The molecule has 0 aliphatic carbocycles. The zero-order valence-electron chi connectivity index (χ0n) is 17.3. The molecular weight excluding hydrogens is 366 g/mol. The lowest BCUT2D eigenvalue weighted by molar-refractivity contribution is 0.306. The highest BCUT2D eigenvalue weighted by molar-refractivity contribution is 5.93. The van der Waals surface area contributed by atoms with Gasteiger partial charge in [0.05, 0.1) is 29.2 Å². The fourth-order valence-corrected chi connectivity index (χ4v) is 3.64. The van der Waals surface area contributed by atoms with Crippen LogP contribution in [0, 0.1) is 12.8 Å². The summed E-state index contributed by atoms with van der Waals surface area (Å²) in [6.07, 6.45) is 2.69. The summed E-state index contributed by atoms with van der Waals surface area (Å²) in [5.41, 5.74) is 12.1. The fourth-order valence-electron chi connectivity index (χ4n) is 3.64. The third kappa shape index (κ3) is 4.04. The van der Waals surface area contributed by atoms with Gasteiger partial charge in [-0.1, -0.05) is 6.92 Å². The first-order valence-electron chi connectivity index (χ1n) is 10.4. The zero-order chi connectivity index (χ0) is 20.2. The van der Waals surface area contributed by atoms with Gasteiger partial charge in [-0.05, 0) is 38.5 Å². The molecule has 0 saturated carbocycles. The Bertz CT molecular complexity index is 979. The molecule has 1 fully saturated rings. The first-order chi connectivity index (χ1) is 14.2. The smallest absolute Gasteiger partial charge is 0.222 e. The molecule has 4 heterocycles. The minimum Gasteiger partial charge on any atom is -0.477 e. The Kier molecular flexibility index (Phi) is 5.92. The van der Waals surface area contributed by atoms with E-state index >= 15 is 0 Å². The van der Waals surface area contributed by atoms with E-state index in [0.29, 0.717) is 18.4 Å². The van der Waals surface area contributed by atoms with Gasteiger partial charge in [0.1, 0.15) is 11.0 Å². The van der Waals surface area contributed by atoms with Gasteiger partial charge in [-0.2, -0.15) is 5.10 Å². The van der Waals surface area contributed by atoms with Crippen molar-refractivity contribution in [3.05, 3.63) is 30.1 Å². The molecule has 8 nitrogen and oxygen atoms in total. The van der Waals surface area contributed by atoms with E-state index in [4.69, 9.17) is 14.8 Å². The number of aryl methyl sites for hydroxylation is 2. The number of hydrazine groups is 1. The van der Waals surface area contributed by atoms with E-state index in [1.54, 1.807) is 6.20 Å². The maximum atomic E-state index is 5.88. The van der Waals surface area contributed by atoms with Crippen LogP contribution in [0.1, 0.15) is 26.0 Å². The molecule has 0 bridgehead atoms. The largest absolute Gasteiger partial charge is 0.477 e. The second kappa shape index (κ2) is 8.75. The van der Waals surface area contributed by atoms with Crippen LogP contribution in [0.3, 0.4) is 0 Å². The van der Waals surface area contributed by atoms with Crippen LogP contribution < -0.4 is 20.9 Å². The minimum atomic E-state index is 0.530. The van der Waals surface area contributed by atoms with Crippen LogP contribution in [0.15, 0.2) is 24.4 Å². The highest BCUT2D eigenvalue weighted by Crippen LogP contribution is 2.33. The van der Waals surface area contributed by atoms with E-state index in [1.165, 1.54) is 0 Å². The average Bonchev–Trinajstić information content (AvgIpc) is 3.38. The Labute approximate surface area is 171 Å². The van der Waals surface area contributed by atoms with E-state index in [0.717, 1.165) is 66.3 Å². The second-order valence-corrected chi connectivity index (χ2v) is 7.37. The van der Waals surface area contributed by atoms with E-state index < -0.39 is 0 Å². The fraction of sp³-hybridized carbons (Fsp3) is 0.476. The van der Waals surface area contributed by atoms with Crippen molar-refractivity contribution in [3.63, 3.8) is 0 Å². The van der Waals surface area contributed by atoms with Crippen molar-refractivity contribution in [1.29, 1.82) is 0 Å². The molecule has 3 aromatic rings. The number of nitrogens with one attached hydrogen (secondary N) is 3. The number of pyridine rings is 2. The van der Waals surface area contributed by atoms with Crippen LogP contribution in [-0.4, -0.2) is 46.0 Å². The molecule has 0 radical (unpaired) electrons. The zero-order valence-corrected chi connectivity index (χ0v) is 17.3. The summed E-state index contributed by atoms with van der Waals surface area (Å²) in [4.78, 5) is 9.39. The van der Waals surface area contributed by atoms with Gasteiger partial charge < -0.3 is 10.1 Å². The van der Waals surface area contributed by atoms with Crippen molar-refractivity contribution in [1.82, 2.24) is 30.6 Å². The first kappa shape index (κ1) is 19.6. The number of aromatic nitrogens is 4. The minimum absolute atomic E-state index is 0.530. The molecule has 4 rings (SSSR count). The van der Waals surface area contributed by atoms with Gasteiger partial charge >= 0.3 is 0 Å². The van der Waals surface area contributed by atoms with Gasteiger partial charge in [0.2, 0.25) is 5.88 Å². The Balaban J connectivity index is 1.78. The molecule has 0 amide bonds. The number of ether oxygens (including phenoxy) is 1. The van der Waals surface area contributed by atoms with Crippen molar-refractivity contribution in [2.45, 2.75) is 33.7 Å². The number of nitrogens with zero attached hydrogens (tertiary/aromatic N) is 4. The van der Waals surface area contributed by atoms with Crippen molar-refractivity contribution in [2.75, 3.05) is 31.6 Å². The Morgan fingerprint density at radius 3 is 2.86 bits per heavy atom. The highest BCUT2D eigenvalue weighted by atomic mass is 16.5. The van der Waals surface area contributed by atoms with E-state index in [1.807, 2.05) is 23.7 Å². The van der Waals surface area contributed by atoms with Crippen LogP contribution in [0.25, 0.3) is 22.3 Å². The van der Waals surface area contributed by atoms with Gasteiger partial charge in [-0.25, -0.2) is 9.97 Å². The quantitative estimate of drug-likeness (QED) is 0.540. The van der Waals surface area contributed by atoms with E-state index in [2.05, 4.69) is 41.1 Å².